The third kappa shape index (κ3) is 3.70. The van der Waals surface area contributed by atoms with Gasteiger partial charge >= 0.3 is 0 Å². The number of hydrogen-bond acceptors (Lipinski definition) is 4. The van der Waals surface area contributed by atoms with Gasteiger partial charge in [-0.1, -0.05) is 54.1 Å². The van der Waals surface area contributed by atoms with Crippen molar-refractivity contribution in [3.63, 3.8) is 0 Å². The molecule has 1 aliphatic rings. The summed E-state index contributed by atoms with van der Waals surface area (Å²) in [6.07, 6.45) is 1.85. The molecule has 0 unspecified atom stereocenters. The number of carbonyl (C=O) groups excluding carboxylic acids is 2. The molecule has 0 bridgehead atoms. The molecule has 5 heteroatoms. The Kier molecular flexibility index (Phi) is 5.27. The van der Waals surface area contributed by atoms with Crippen molar-refractivity contribution in [3.05, 3.63) is 89.0 Å². The molecule has 0 aromatic heterocycles. The highest BCUT2D eigenvalue weighted by atomic mass is 16.2. The number of likely N-dealkylation sites (N-methyl/N-ethyl adjacent to an activating group) is 1. The van der Waals surface area contributed by atoms with Crippen LogP contribution in [0.2, 0.25) is 0 Å². The highest BCUT2D eigenvalue weighted by Crippen LogP contribution is 2.38. The van der Waals surface area contributed by atoms with E-state index in [0.29, 0.717) is 24.2 Å². The van der Waals surface area contributed by atoms with Gasteiger partial charge in [-0.15, -0.1) is 0 Å². The topological polar surface area (TPSA) is 53.0 Å². The van der Waals surface area contributed by atoms with Gasteiger partial charge in [0.1, 0.15) is 0 Å². The Balaban J connectivity index is 1.70. The van der Waals surface area contributed by atoms with E-state index >= 15 is 0 Å². The zero-order chi connectivity index (χ0) is 23.1. The summed E-state index contributed by atoms with van der Waals surface area (Å²) in [7, 11) is 3.86. The van der Waals surface area contributed by atoms with Crippen molar-refractivity contribution in [1.29, 1.82) is 0 Å². The molecule has 4 aromatic rings. The van der Waals surface area contributed by atoms with Crippen molar-refractivity contribution in [2.45, 2.75) is 6.92 Å². The first-order chi connectivity index (χ1) is 15.9. The molecule has 2 amide bonds. The van der Waals surface area contributed by atoms with Crippen LogP contribution in [-0.2, 0) is 0 Å². The predicted molar refractivity (Wildman–Crippen MR) is 134 cm³/mol. The molecule has 0 spiro atoms. The summed E-state index contributed by atoms with van der Waals surface area (Å²) >= 11 is 0. The largest absolute Gasteiger partial charge is 0.308 e. The smallest absolute Gasteiger partial charge is 0.262 e. The SMILES string of the molecule is Cc1cccc(C=Nc2cccc3c4c5c(cccc5cc23)C(=O)N(CCN(C)C)C4=O)c1. The Labute approximate surface area is 193 Å². The first-order valence-electron chi connectivity index (χ1n) is 11.0. The lowest BCUT2D eigenvalue weighted by Gasteiger charge is -2.29. The van der Waals surface area contributed by atoms with Crippen LogP contribution in [0, 0.1) is 6.92 Å². The number of nitrogens with zero attached hydrogens (tertiary/aromatic N) is 3. The number of hydrogen-bond donors (Lipinski definition) is 0. The zero-order valence-electron chi connectivity index (χ0n) is 19.0. The van der Waals surface area contributed by atoms with E-state index in [1.807, 2.05) is 79.8 Å². The molecular formula is C28H25N3O2. The Morgan fingerprint density at radius 3 is 2.48 bits per heavy atom. The van der Waals surface area contributed by atoms with E-state index in [-0.39, 0.29) is 11.8 Å². The van der Waals surface area contributed by atoms with Gasteiger partial charge in [-0.3, -0.25) is 19.5 Å². The lowest BCUT2D eigenvalue weighted by atomic mass is 9.89. The fourth-order valence-corrected chi connectivity index (χ4v) is 4.47. The zero-order valence-corrected chi connectivity index (χ0v) is 19.0. The number of imide groups is 1. The first-order valence-corrected chi connectivity index (χ1v) is 11.0. The number of rotatable bonds is 5. The van der Waals surface area contributed by atoms with E-state index in [9.17, 15) is 9.59 Å². The van der Waals surface area contributed by atoms with Gasteiger partial charge in [0.05, 0.1) is 11.3 Å². The summed E-state index contributed by atoms with van der Waals surface area (Å²) < 4.78 is 0. The second-order valence-corrected chi connectivity index (χ2v) is 8.77. The molecule has 0 atom stereocenters. The van der Waals surface area contributed by atoms with Crippen LogP contribution >= 0.6 is 0 Å². The number of aryl methyl sites for hydroxylation is 1. The van der Waals surface area contributed by atoms with Gasteiger partial charge in [-0.25, -0.2) is 0 Å². The van der Waals surface area contributed by atoms with Gasteiger partial charge < -0.3 is 4.90 Å². The molecule has 5 rings (SSSR count). The number of amides is 2. The lowest BCUT2D eigenvalue weighted by Crippen LogP contribution is -2.43. The fourth-order valence-electron chi connectivity index (χ4n) is 4.47. The van der Waals surface area contributed by atoms with Crippen LogP contribution in [0.15, 0.2) is 71.7 Å². The number of benzene rings is 4. The van der Waals surface area contributed by atoms with E-state index < -0.39 is 0 Å². The standard InChI is InChI=1S/C28H25N3O2/c1-18-7-4-8-19(15-18)17-29-24-12-6-10-21-23(24)16-20-9-5-11-22-25(20)26(21)28(33)31(27(22)32)14-13-30(2)3/h4-12,15-17H,13-14H2,1-3H3. The van der Waals surface area contributed by atoms with Gasteiger partial charge in [0.25, 0.3) is 11.8 Å². The lowest BCUT2D eigenvalue weighted by molar-refractivity contribution is 0.0602. The summed E-state index contributed by atoms with van der Waals surface area (Å²) in [6.45, 7) is 3.01. The maximum absolute atomic E-state index is 13.6. The van der Waals surface area contributed by atoms with E-state index in [1.165, 1.54) is 10.5 Å². The minimum Gasteiger partial charge on any atom is -0.308 e. The summed E-state index contributed by atoms with van der Waals surface area (Å²) in [5.41, 5.74) is 4.16. The molecule has 0 saturated carbocycles. The molecule has 5 nitrogen and oxygen atoms in total. The fraction of sp³-hybridized carbons (Fsp3) is 0.179. The van der Waals surface area contributed by atoms with Crippen LogP contribution in [0.1, 0.15) is 31.8 Å². The first kappa shape index (κ1) is 21.0. The number of carbonyl (C=O) groups is 2. The van der Waals surface area contributed by atoms with Crippen LogP contribution in [-0.4, -0.2) is 55.0 Å². The average Bonchev–Trinajstić information content (AvgIpc) is 2.80. The van der Waals surface area contributed by atoms with E-state index in [4.69, 9.17) is 4.99 Å². The highest BCUT2D eigenvalue weighted by molar-refractivity contribution is 6.31. The average molecular weight is 436 g/mol. The van der Waals surface area contributed by atoms with Gasteiger partial charge in [0.2, 0.25) is 0 Å². The van der Waals surface area contributed by atoms with E-state index in [1.54, 1.807) is 0 Å². The second kappa shape index (κ2) is 8.26. The van der Waals surface area contributed by atoms with Gasteiger partial charge in [0.15, 0.2) is 0 Å². The van der Waals surface area contributed by atoms with Crippen molar-refractivity contribution in [1.82, 2.24) is 9.80 Å². The Morgan fingerprint density at radius 2 is 1.70 bits per heavy atom. The minimum absolute atomic E-state index is 0.229. The third-order valence-corrected chi connectivity index (χ3v) is 6.10. The van der Waals surface area contributed by atoms with Crippen molar-refractivity contribution in [3.8, 4) is 0 Å². The molecule has 0 saturated heterocycles. The number of fused-ring (bicyclic) bond motifs is 2. The normalized spacial score (nSPS) is 13.8. The van der Waals surface area contributed by atoms with Gasteiger partial charge in [-0.2, -0.15) is 0 Å². The molecule has 4 aromatic carbocycles. The van der Waals surface area contributed by atoms with E-state index in [2.05, 4.69) is 19.1 Å². The molecule has 1 heterocycles. The summed E-state index contributed by atoms with van der Waals surface area (Å²) in [4.78, 5) is 34.9. The Hall–Kier alpha value is -3.83. The van der Waals surface area contributed by atoms with Crippen LogP contribution < -0.4 is 0 Å². The Bertz CT molecular complexity index is 1450. The molecule has 0 fully saturated rings. The molecule has 164 valence electrons. The summed E-state index contributed by atoms with van der Waals surface area (Å²) in [5, 5.41) is 3.33. The molecule has 0 aliphatic carbocycles. The molecule has 1 aliphatic heterocycles. The molecule has 0 N–H and O–H groups in total. The van der Waals surface area contributed by atoms with Crippen LogP contribution in [0.3, 0.4) is 0 Å². The molecule has 33 heavy (non-hydrogen) atoms. The van der Waals surface area contributed by atoms with Crippen molar-refractivity contribution in [2.75, 3.05) is 27.2 Å². The Morgan fingerprint density at radius 1 is 0.909 bits per heavy atom. The van der Waals surface area contributed by atoms with Crippen LogP contribution in [0.25, 0.3) is 21.5 Å². The van der Waals surface area contributed by atoms with Crippen molar-refractivity contribution in [2.24, 2.45) is 4.99 Å². The van der Waals surface area contributed by atoms with Gasteiger partial charge in [-0.05, 0) is 55.6 Å². The third-order valence-electron chi connectivity index (χ3n) is 6.10. The number of aliphatic imine (C=N–C) groups is 1. The second-order valence-electron chi connectivity index (χ2n) is 8.77. The minimum atomic E-state index is -0.240. The quantitative estimate of drug-likeness (QED) is 0.246. The van der Waals surface area contributed by atoms with Crippen molar-refractivity contribution >= 4 is 45.3 Å². The van der Waals surface area contributed by atoms with Gasteiger partial charge in [0, 0.05) is 35.6 Å². The highest BCUT2D eigenvalue weighted by Gasteiger charge is 2.34. The van der Waals surface area contributed by atoms with Crippen LogP contribution in [0.4, 0.5) is 5.69 Å². The van der Waals surface area contributed by atoms with Crippen molar-refractivity contribution < 1.29 is 9.59 Å². The summed E-state index contributed by atoms with van der Waals surface area (Å²) in [6, 6.07) is 21.7. The maximum Gasteiger partial charge on any atom is 0.262 e. The van der Waals surface area contributed by atoms with E-state index in [0.717, 1.165) is 32.8 Å². The molecule has 0 radical (unpaired) electrons. The molecular weight excluding hydrogens is 410 g/mol. The monoisotopic (exact) mass is 435 g/mol. The van der Waals surface area contributed by atoms with Crippen LogP contribution in [0.5, 0.6) is 0 Å². The summed E-state index contributed by atoms with van der Waals surface area (Å²) in [5.74, 6) is -0.469. The predicted octanol–water partition coefficient (Wildman–Crippen LogP) is 5.21. The maximum atomic E-state index is 13.6.